The molecule has 7 heteroatoms. The van der Waals surface area contributed by atoms with Gasteiger partial charge in [0.15, 0.2) is 0 Å². The number of nitrogens with zero attached hydrogens (tertiary/aromatic N) is 3. The first kappa shape index (κ1) is 22.5. The normalized spacial score (nSPS) is 26.2. The van der Waals surface area contributed by atoms with Gasteiger partial charge in [0, 0.05) is 47.2 Å². The third kappa shape index (κ3) is 3.89. The van der Waals surface area contributed by atoms with Gasteiger partial charge >= 0.3 is 0 Å². The first-order valence-corrected chi connectivity index (χ1v) is 12.2. The Labute approximate surface area is 204 Å². The van der Waals surface area contributed by atoms with Crippen molar-refractivity contribution in [3.8, 4) is 6.07 Å². The molecule has 0 radical (unpaired) electrons. The Kier molecular flexibility index (Phi) is 5.81. The zero-order valence-electron chi connectivity index (χ0n) is 18.9. The van der Waals surface area contributed by atoms with Crippen LogP contribution in [0.15, 0.2) is 41.5 Å². The summed E-state index contributed by atoms with van der Waals surface area (Å²) >= 11 is 12.4. The third-order valence-corrected chi connectivity index (χ3v) is 8.41. The van der Waals surface area contributed by atoms with E-state index in [-0.39, 0.29) is 23.3 Å². The van der Waals surface area contributed by atoms with E-state index < -0.39 is 5.38 Å². The lowest BCUT2D eigenvalue weighted by Gasteiger charge is -2.53. The summed E-state index contributed by atoms with van der Waals surface area (Å²) in [7, 11) is 2.04. The van der Waals surface area contributed by atoms with Crippen molar-refractivity contribution < 1.29 is 9.53 Å². The molecule has 2 aromatic rings. The number of hydrogen-bond donors (Lipinski definition) is 0. The Morgan fingerprint density at radius 3 is 2.70 bits per heavy atom. The monoisotopic (exact) mass is 483 g/mol. The molecule has 0 saturated carbocycles. The minimum atomic E-state index is -0.408. The highest BCUT2D eigenvalue weighted by molar-refractivity contribution is 6.33. The number of piperidine rings is 1. The van der Waals surface area contributed by atoms with Crippen LogP contribution in [0.25, 0.3) is 10.9 Å². The molecule has 0 bridgehead atoms. The number of rotatable bonds is 3. The SMILES string of the molecule is Cc1cc2c(CC3OCC34CCN(C(=O)C3C=CC(Cl)=CC3Cl)CC4)cc(C#N)cc2n1C. The number of carbonyl (C=O) groups excluding carboxylic acids is 1. The summed E-state index contributed by atoms with van der Waals surface area (Å²) in [6, 6.07) is 8.46. The number of aromatic nitrogens is 1. The quantitative estimate of drug-likeness (QED) is 0.587. The van der Waals surface area contributed by atoms with Crippen LogP contribution in [-0.4, -0.2) is 46.6 Å². The van der Waals surface area contributed by atoms with Gasteiger partial charge in [-0.1, -0.05) is 17.7 Å². The molecule has 0 N–H and O–H groups in total. The van der Waals surface area contributed by atoms with Crippen molar-refractivity contribution in [2.45, 2.75) is 37.7 Å². The number of carbonyl (C=O) groups is 1. The van der Waals surface area contributed by atoms with Crippen molar-refractivity contribution in [3.63, 3.8) is 0 Å². The van der Waals surface area contributed by atoms with Crippen LogP contribution in [0.1, 0.15) is 29.7 Å². The fourth-order valence-electron chi connectivity index (χ4n) is 5.46. The van der Waals surface area contributed by atoms with E-state index in [9.17, 15) is 10.1 Å². The molecule has 3 heterocycles. The number of fused-ring (bicyclic) bond motifs is 1. The minimum absolute atomic E-state index is 0.0708. The number of likely N-dealkylation sites (tertiary alicyclic amines) is 1. The lowest BCUT2D eigenvalue weighted by molar-refractivity contribution is -0.206. The largest absolute Gasteiger partial charge is 0.377 e. The molecule has 3 atom stereocenters. The Morgan fingerprint density at radius 1 is 1.30 bits per heavy atom. The molecule has 1 amide bonds. The zero-order chi connectivity index (χ0) is 23.3. The molecule has 5 nitrogen and oxygen atoms in total. The van der Waals surface area contributed by atoms with E-state index >= 15 is 0 Å². The molecule has 1 aliphatic carbocycles. The fourth-order valence-corrected chi connectivity index (χ4v) is 6.06. The van der Waals surface area contributed by atoms with Crippen LogP contribution < -0.4 is 0 Å². The number of amides is 1. The van der Waals surface area contributed by atoms with Gasteiger partial charge in [0.25, 0.3) is 0 Å². The van der Waals surface area contributed by atoms with E-state index in [1.165, 1.54) is 11.1 Å². The highest BCUT2D eigenvalue weighted by Gasteiger charge is 2.50. The molecule has 2 saturated heterocycles. The van der Waals surface area contributed by atoms with Gasteiger partial charge < -0.3 is 14.2 Å². The average Bonchev–Trinajstić information content (AvgIpc) is 3.10. The molecule has 3 unspecified atom stereocenters. The van der Waals surface area contributed by atoms with Crippen molar-refractivity contribution >= 4 is 40.0 Å². The molecule has 2 aliphatic heterocycles. The van der Waals surface area contributed by atoms with Gasteiger partial charge in [-0.3, -0.25) is 4.79 Å². The van der Waals surface area contributed by atoms with Crippen molar-refractivity contribution in [3.05, 3.63) is 58.3 Å². The number of nitriles is 1. The summed E-state index contributed by atoms with van der Waals surface area (Å²) in [4.78, 5) is 15.0. The van der Waals surface area contributed by atoms with Crippen molar-refractivity contribution in [1.29, 1.82) is 5.26 Å². The van der Waals surface area contributed by atoms with Gasteiger partial charge in [-0.15, -0.1) is 11.6 Å². The molecule has 1 spiro atoms. The number of aryl methyl sites for hydroxylation is 2. The first-order valence-electron chi connectivity index (χ1n) is 11.4. The highest BCUT2D eigenvalue weighted by Crippen LogP contribution is 2.46. The number of halogens is 2. The molecular formula is C26H27Cl2N3O2. The first-order chi connectivity index (χ1) is 15.8. The summed E-state index contributed by atoms with van der Waals surface area (Å²) in [5, 5.41) is 10.9. The number of allylic oxidation sites excluding steroid dienone is 3. The van der Waals surface area contributed by atoms with E-state index in [1.54, 1.807) is 12.2 Å². The second kappa shape index (κ2) is 8.51. The molecule has 5 rings (SSSR count). The van der Waals surface area contributed by atoms with Crippen LogP contribution in [0.4, 0.5) is 0 Å². The lowest BCUT2D eigenvalue weighted by atomic mass is 9.68. The lowest BCUT2D eigenvalue weighted by Crippen LogP contribution is -2.59. The summed E-state index contributed by atoms with van der Waals surface area (Å²) in [5.41, 5.74) is 4.18. The van der Waals surface area contributed by atoms with E-state index in [1.807, 2.05) is 30.2 Å². The summed E-state index contributed by atoms with van der Waals surface area (Å²) in [6.07, 6.45) is 8.01. The molecule has 1 aromatic heterocycles. The van der Waals surface area contributed by atoms with Gasteiger partial charge in [-0.2, -0.15) is 5.26 Å². The van der Waals surface area contributed by atoms with Crippen molar-refractivity contribution in [2.75, 3.05) is 19.7 Å². The average molecular weight is 484 g/mol. The van der Waals surface area contributed by atoms with Crippen molar-refractivity contribution in [2.24, 2.45) is 18.4 Å². The second-order valence-electron chi connectivity index (χ2n) is 9.60. The predicted octanol–water partition coefficient (Wildman–Crippen LogP) is 4.82. The Morgan fingerprint density at radius 2 is 2.06 bits per heavy atom. The summed E-state index contributed by atoms with van der Waals surface area (Å²) < 4.78 is 8.21. The number of benzene rings is 1. The maximum absolute atomic E-state index is 13.1. The van der Waals surface area contributed by atoms with Crippen LogP contribution in [0.2, 0.25) is 0 Å². The number of hydrogen-bond acceptors (Lipinski definition) is 3. The molecule has 1 aromatic carbocycles. The number of ether oxygens (including phenoxy) is 1. The molecule has 33 heavy (non-hydrogen) atoms. The van der Waals surface area contributed by atoms with Crippen LogP contribution >= 0.6 is 23.2 Å². The van der Waals surface area contributed by atoms with Crippen LogP contribution in [-0.2, 0) is 23.0 Å². The maximum atomic E-state index is 13.1. The fraction of sp³-hybridized carbons (Fsp3) is 0.462. The Bertz CT molecular complexity index is 1210. The summed E-state index contributed by atoms with van der Waals surface area (Å²) in [6.45, 7) is 4.24. The summed E-state index contributed by atoms with van der Waals surface area (Å²) in [5.74, 6) is -0.290. The van der Waals surface area contributed by atoms with E-state index in [2.05, 4.69) is 23.6 Å². The minimum Gasteiger partial charge on any atom is -0.377 e. The van der Waals surface area contributed by atoms with Gasteiger partial charge in [-0.05, 0) is 62.1 Å². The standard InChI is InChI=1S/C26H27Cl2N3O2/c1-16-9-21-18(10-17(14-29)11-23(21)30(16)2)12-24-26(15-33-24)5-7-31(8-6-26)25(32)20-4-3-19(27)13-22(20)28/h3-4,9-11,13,20,22,24H,5-8,12,15H2,1-2H3. The molecule has 172 valence electrons. The molecule has 2 fully saturated rings. The predicted molar refractivity (Wildman–Crippen MR) is 130 cm³/mol. The van der Waals surface area contributed by atoms with Gasteiger partial charge in [0.05, 0.1) is 35.6 Å². The van der Waals surface area contributed by atoms with Crippen LogP contribution in [0.5, 0.6) is 0 Å². The number of alkyl halides is 1. The third-order valence-electron chi connectivity index (χ3n) is 7.76. The topological polar surface area (TPSA) is 58.3 Å². The van der Waals surface area contributed by atoms with Gasteiger partial charge in [-0.25, -0.2) is 0 Å². The van der Waals surface area contributed by atoms with E-state index in [4.69, 9.17) is 27.9 Å². The van der Waals surface area contributed by atoms with Crippen LogP contribution in [0, 0.1) is 29.6 Å². The van der Waals surface area contributed by atoms with Crippen molar-refractivity contribution in [1.82, 2.24) is 9.47 Å². The Hall–Kier alpha value is -2.26. The zero-order valence-corrected chi connectivity index (χ0v) is 20.4. The van der Waals surface area contributed by atoms with E-state index in [0.29, 0.717) is 23.7 Å². The Balaban J connectivity index is 1.30. The van der Waals surface area contributed by atoms with Crippen LogP contribution in [0.3, 0.4) is 0 Å². The van der Waals surface area contributed by atoms with E-state index in [0.717, 1.165) is 36.9 Å². The van der Waals surface area contributed by atoms with Gasteiger partial charge in [0.1, 0.15) is 0 Å². The smallest absolute Gasteiger partial charge is 0.231 e. The molecule has 3 aliphatic rings. The molecular weight excluding hydrogens is 457 g/mol. The maximum Gasteiger partial charge on any atom is 0.231 e. The van der Waals surface area contributed by atoms with Gasteiger partial charge in [0.2, 0.25) is 5.91 Å². The highest BCUT2D eigenvalue weighted by atomic mass is 35.5. The second-order valence-corrected chi connectivity index (χ2v) is 10.5.